The summed E-state index contributed by atoms with van der Waals surface area (Å²) in [6.45, 7) is 18.5. The lowest BCUT2D eigenvalue weighted by Gasteiger charge is -2.42. The second kappa shape index (κ2) is 21.2. The van der Waals surface area contributed by atoms with Crippen molar-refractivity contribution in [3.05, 3.63) is 82.7 Å². The number of hydrogen-bond donors (Lipinski definition) is 6. The Bertz CT molecular complexity index is 2530. The van der Waals surface area contributed by atoms with Crippen molar-refractivity contribution in [3.63, 3.8) is 0 Å². The van der Waals surface area contributed by atoms with E-state index in [1.54, 1.807) is 47.0 Å². The van der Waals surface area contributed by atoms with Crippen LogP contribution in [0.15, 0.2) is 65.5 Å². The molecular formula is C52H68N4O13. The highest BCUT2D eigenvalue weighted by atomic mass is 16.7. The van der Waals surface area contributed by atoms with E-state index in [-0.39, 0.29) is 56.6 Å². The number of anilines is 1. The van der Waals surface area contributed by atoms with Crippen LogP contribution in [0.4, 0.5) is 5.69 Å². The molecule has 4 heterocycles. The number of nitrogens with one attached hydrogen (secondary N) is 1. The maximum Gasteiger partial charge on any atom is 0.312 e. The van der Waals surface area contributed by atoms with Crippen LogP contribution >= 0.6 is 0 Å². The Hall–Kier alpha value is -6.14. The Balaban J connectivity index is 1.47. The normalized spacial score (nSPS) is 29.5. The van der Waals surface area contributed by atoms with Crippen molar-refractivity contribution in [2.45, 2.75) is 118 Å². The molecule has 17 heteroatoms. The molecule has 1 fully saturated rings. The lowest BCUT2D eigenvalue weighted by atomic mass is 9.78. The van der Waals surface area contributed by atoms with E-state index in [1.807, 2.05) is 43.1 Å². The van der Waals surface area contributed by atoms with Gasteiger partial charge in [0.2, 0.25) is 0 Å². The number of benzene rings is 3. The van der Waals surface area contributed by atoms with Crippen LogP contribution in [-0.2, 0) is 30.3 Å². The van der Waals surface area contributed by atoms with Gasteiger partial charge in [0.15, 0.2) is 5.75 Å². The number of fused-ring (bicyclic) bond motifs is 14. The van der Waals surface area contributed by atoms with E-state index in [2.05, 4.69) is 10.2 Å². The van der Waals surface area contributed by atoms with Gasteiger partial charge in [-0.2, -0.15) is 5.10 Å². The number of piperazine rings is 1. The zero-order valence-corrected chi connectivity index (χ0v) is 41.5. The topological polar surface area (TPSA) is 229 Å². The summed E-state index contributed by atoms with van der Waals surface area (Å²) in [5.41, 5.74) is 0.686. The Kier molecular flexibility index (Phi) is 16.1. The number of ether oxygens (including phenoxy) is 5. The van der Waals surface area contributed by atoms with E-state index < -0.39 is 88.8 Å². The van der Waals surface area contributed by atoms with Gasteiger partial charge in [-0.05, 0) is 51.5 Å². The molecule has 0 radical (unpaired) electrons. The molecule has 0 aliphatic carbocycles. The number of aliphatic hydroxyl groups is 2. The Labute approximate surface area is 403 Å². The molecule has 6 N–H and O–H groups in total. The van der Waals surface area contributed by atoms with Crippen molar-refractivity contribution in [2.24, 2.45) is 28.8 Å². The van der Waals surface area contributed by atoms with Crippen molar-refractivity contribution < 1.29 is 63.6 Å². The molecular weight excluding hydrogens is 889 g/mol. The van der Waals surface area contributed by atoms with Crippen molar-refractivity contribution in [3.8, 4) is 28.7 Å². The number of hydrogen-bond acceptors (Lipinski definition) is 16. The predicted molar refractivity (Wildman–Crippen MR) is 260 cm³/mol. The first-order valence-electron chi connectivity index (χ1n) is 23.3. The van der Waals surface area contributed by atoms with Gasteiger partial charge >= 0.3 is 11.8 Å². The molecule has 69 heavy (non-hydrogen) atoms. The summed E-state index contributed by atoms with van der Waals surface area (Å²) in [5.74, 6) is -7.76. The Morgan fingerprint density at radius 3 is 2.16 bits per heavy atom. The molecule has 0 spiro atoms. The summed E-state index contributed by atoms with van der Waals surface area (Å²) < 4.78 is 29.1. The maximum atomic E-state index is 14.7. The van der Waals surface area contributed by atoms with Crippen LogP contribution < -0.4 is 14.8 Å². The van der Waals surface area contributed by atoms with E-state index in [9.17, 15) is 39.9 Å². The lowest BCUT2D eigenvalue weighted by Crippen LogP contribution is -2.54. The average molecular weight is 957 g/mol. The molecule has 1 amide bonds. The lowest BCUT2D eigenvalue weighted by molar-refractivity contribution is -0.160. The summed E-state index contributed by atoms with van der Waals surface area (Å²) in [6, 6.07) is 7.62. The third kappa shape index (κ3) is 10.6. The zero-order chi connectivity index (χ0) is 50.8. The molecule has 374 valence electrons. The number of rotatable bonds is 7. The molecule has 4 aliphatic heterocycles. The van der Waals surface area contributed by atoms with Gasteiger partial charge in [-0.3, -0.25) is 24.3 Å². The minimum Gasteiger partial charge on any atom is -0.507 e. The number of nitrogens with zero attached hydrogens (tertiary/aromatic N) is 3. The third-order valence-corrected chi connectivity index (χ3v) is 13.9. The number of methoxy groups -OCH3 is 2. The molecule has 4 aliphatic rings. The van der Waals surface area contributed by atoms with Gasteiger partial charge in [-0.1, -0.05) is 58.1 Å². The number of hydrazone groups is 1. The second-order valence-corrected chi connectivity index (χ2v) is 19.0. The van der Waals surface area contributed by atoms with Crippen LogP contribution in [0.2, 0.25) is 0 Å². The summed E-state index contributed by atoms with van der Waals surface area (Å²) in [4.78, 5) is 43.4. The van der Waals surface area contributed by atoms with Crippen molar-refractivity contribution in [1.82, 2.24) is 9.91 Å². The van der Waals surface area contributed by atoms with Crippen molar-refractivity contribution in [2.75, 3.05) is 32.6 Å². The minimum atomic E-state index is -2.07. The first-order chi connectivity index (χ1) is 32.5. The van der Waals surface area contributed by atoms with Gasteiger partial charge in [-0.25, -0.2) is 0 Å². The predicted octanol–water partition coefficient (Wildman–Crippen LogP) is 6.69. The van der Waals surface area contributed by atoms with Gasteiger partial charge in [0, 0.05) is 80.8 Å². The monoisotopic (exact) mass is 956 g/mol. The number of esters is 1. The number of allylic oxidation sites excluding steroid dienone is 2. The minimum absolute atomic E-state index is 0.0446. The number of aliphatic hydroxyl groups excluding tert-OH is 2. The molecule has 7 rings (SSSR count). The summed E-state index contributed by atoms with van der Waals surface area (Å²) in [6.07, 6.45) is 4.84. The summed E-state index contributed by atoms with van der Waals surface area (Å²) in [7, 11) is 3.06. The largest absolute Gasteiger partial charge is 0.507 e. The van der Waals surface area contributed by atoms with E-state index in [1.165, 1.54) is 59.4 Å². The molecule has 0 saturated carbocycles. The number of phenols is 3. The third-order valence-electron chi connectivity index (χ3n) is 13.9. The Morgan fingerprint density at radius 1 is 0.899 bits per heavy atom. The Morgan fingerprint density at radius 2 is 1.55 bits per heavy atom. The van der Waals surface area contributed by atoms with Crippen LogP contribution in [0, 0.1) is 30.6 Å². The summed E-state index contributed by atoms with van der Waals surface area (Å²) in [5, 5.41) is 68.2. The van der Waals surface area contributed by atoms with Crippen LogP contribution in [-0.4, -0.2) is 129 Å². The fraction of sp³-hybridized carbons (Fsp3) is 0.500. The van der Waals surface area contributed by atoms with Crippen molar-refractivity contribution >= 4 is 40.3 Å². The van der Waals surface area contributed by atoms with E-state index in [0.29, 0.717) is 19.6 Å². The number of aromatic hydroxyl groups is 3. The van der Waals surface area contributed by atoms with Crippen LogP contribution in [0.5, 0.6) is 28.7 Å². The standard InChI is InChI=1S/C52H68N4O13/c1-26-14-13-15-27(2)51(64)54-42-37(22-53-56-28(3)23-55(24-29(56)4)25-35-16-18-36(65-11)19-17-35)46(61)39-40(47(42)62)45(60)33(8)49-41(39)50(63)52(10,69-49)67-21-20-38(66-12)30(5)48(68-34(9)57)32(7)44(59)31(6)43(26)58/h13-22,26,28-32,38,43-44,48,58-62H,23-25H2,1-12H3,(H,54,64)/t26-,28+,29+,30+,31-,32-,38+,43-,44-,48+,52+/m1/s1. The molecule has 3 aromatic rings. The number of ketones is 1. The quantitative estimate of drug-likeness (QED) is 0.0627. The van der Waals surface area contributed by atoms with Gasteiger partial charge in [0.05, 0.1) is 72.2 Å². The van der Waals surface area contributed by atoms with Gasteiger partial charge in [-0.15, -0.1) is 0 Å². The number of carbonyl (C=O) groups is 3. The maximum absolute atomic E-state index is 14.7. The van der Waals surface area contributed by atoms with Crippen LogP contribution in [0.1, 0.15) is 89.4 Å². The van der Waals surface area contributed by atoms with Crippen LogP contribution in [0.3, 0.4) is 0 Å². The zero-order valence-electron chi connectivity index (χ0n) is 41.5. The number of phenolic OH excluding ortho intramolecular Hbond substituents is 3. The molecule has 5 bridgehead atoms. The molecule has 0 aromatic heterocycles. The number of amides is 1. The van der Waals surface area contributed by atoms with E-state index in [4.69, 9.17) is 28.8 Å². The summed E-state index contributed by atoms with van der Waals surface area (Å²) >= 11 is 0. The average Bonchev–Trinajstić information content (AvgIpc) is 3.57. The number of carbonyl (C=O) groups excluding carboxylic acids is 3. The highest BCUT2D eigenvalue weighted by molar-refractivity contribution is 6.23. The first kappa shape index (κ1) is 52.2. The molecule has 0 unspecified atom stereocenters. The molecule has 3 aromatic carbocycles. The smallest absolute Gasteiger partial charge is 0.312 e. The highest BCUT2D eigenvalue weighted by Gasteiger charge is 2.50. The second-order valence-electron chi connectivity index (χ2n) is 19.0. The van der Waals surface area contributed by atoms with Gasteiger partial charge in [0.1, 0.15) is 29.1 Å². The highest BCUT2D eigenvalue weighted by Crippen LogP contribution is 2.55. The van der Waals surface area contributed by atoms with E-state index in [0.717, 1.165) is 11.3 Å². The molecule has 17 nitrogen and oxygen atoms in total. The molecule has 1 saturated heterocycles. The first-order valence-corrected chi connectivity index (χ1v) is 23.3. The van der Waals surface area contributed by atoms with Crippen molar-refractivity contribution in [1.29, 1.82) is 0 Å². The van der Waals surface area contributed by atoms with Gasteiger partial charge in [0.25, 0.3) is 11.7 Å². The number of Topliss-reactive ketones (excluding diaryl/α,β-unsaturated/α-hetero) is 1. The SMILES string of the molecule is COc1ccc(CN2C[C@H](C)N(N=Cc3c4c(O)c5c(O)c(C)c6c(c5c3O)C(=O)[C@@](C)(OC=C[C@H](OC)[C@H](C)[C@H](OC(C)=O)[C@H](C)[C@H](O)[C@H](C)[C@H](O)[C@H](C)C=CC=C(C)C(=O)N4)O6)[C@@H](C)C2)cc1. The van der Waals surface area contributed by atoms with Crippen LogP contribution in [0.25, 0.3) is 10.8 Å². The molecule has 11 atom stereocenters. The fourth-order valence-electron chi connectivity index (χ4n) is 9.77. The van der Waals surface area contributed by atoms with E-state index >= 15 is 0 Å². The van der Waals surface area contributed by atoms with Gasteiger partial charge < -0.3 is 54.5 Å². The fourth-order valence-corrected chi connectivity index (χ4v) is 9.77.